The predicted molar refractivity (Wildman–Crippen MR) is 133 cm³/mol. The molecule has 33 heavy (non-hydrogen) atoms. The maximum atomic E-state index is 12.2. The second-order valence-electron chi connectivity index (χ2n) is 10.2. The van der Waals surface area contributed by atoms with Crippen LogP contribution in [0, 0.1) is 6.92 Å². The number of rotatable bonds is 4. The number of piperidine rings is 1. The van der Waals surface area contributed by atoms with Gasteiger partial charge in [0.05, 0.1) is 5.69 Å². The van der Waals surface area contributed by atoms with Crippen LogP contribution in [0.5, 0.6) is 0 Å². The van der Waals surface area contributed by atoms with Crippen molar-refractivity contribution >= 4 is 10.9 Å². The summed E-state index contributed by atoms with van der Waals surface area (Å²) in [5.74, 6) is 0.959. The fraction of sp³-hybridized carbons (Fsp3) is 0.556. The summed E-state index contributed by atoms with van der Waals surface area (Å²) in [6.07, 6.45) is 4.80. The fourth-order valence-electron chi connectivity index (χ4n) is 5.81. The Morgan fingerprint density at radius 2 is 1.82 bits per heavy atom. The SMILES string of the molecule is Cc1cc(-c2[nH]c3ccc(C4CCN(C5CCOCC5)CC4)cc3c2C(C)C)nn(C)c1=O. The molecule has 5 rings (SSSR count). The summed E-state index contributed by atoms with van der Waals surface area (Å²) < 4.78 is 7.00. The van der Waals surface area contributed by atoms with E-state index in [0.29, 0.717) is 23.4 Å². The molecular formula is C27H36N4O2. The van der Waals surface area contributed by atoms with Crippen molar-refractivity contribution in [3.05, 3.63) is 51.3 Å². The minimum Gasteiger partial charge on any atom is -0.381 e. The van der Waals surface area contributed by atoms with Crippen molar-refractivity contribution in [2.24, 2.45) is 7.05 Å². The molecule has 1 N–H and O–H groups in total. The normalized spacial score (nSPS) is 19.1. The number of aryl methyl sites for hydroxylation is 2. The van der Waals surface area contributed by atoms with Crippen molar-refractivity contribution in [1.82, 2.24) is 19.7 Å². The van der Waals surface area contributed by atoms with Crippen molar-refractivity contribution in [3.8, 4) is 11.4 Å². The first kappa shape index (κ1) is 22.4. The van der Waals surface area contributed by atoms with Crippen molar-refractivity contribution < 1.29 is 4.74 Å². The maximum Gasteiger partial charge on any atom is 0.269 e. The second-order valence-corrected chi connectivity index (χ2v) is 10.2. The molecule has 0 bridgehead atoms. The molecule has 0 radical (unpaired) electrons. The van der Waals surface area contributed by atoms with Crippen LogP contribution in [0.25, 0.3) is 22.3 Å². The Labute approximate surface area is 195 Å². The van der Waals surface area contributed by atoms with Crippen LogP contribution < -0.4 is 5.56 Å². The summed E-state index contributed by atoms with van der Waals surface area (Å²) in [4.78, 5) is 18.5. The van der Waals surface area contributed by atoms with Gasteiger partial charge in [0.15, 0.2) is 0 Å². The minimum absolute atomic E-state index is 0.0460. The van der Waals surface area contributed by atoms with E-state index >= 15 is 0 Å². The molecule has 2 fully saturated rings. The van der Waals surface area contributed by atoms with Crippen molar-refractivity contribution in [2.75, 3.05) is 26.3 Å². The molecule has 2 aliphatic heterocycles. The molecule has 2 saturated heterocycles. The molecule has 176 valence electrons. The lowest BCUT2D eigenvalue weighted by Crippen LogP contribution is -2.43. The first-order valence-corrected chi connectivity index (χ1v) is 12.4. The largest absolute Gasteiger partial charge is 0.381 e. The van der Waals surface area contributed by atoms with Gasteiger partial charge in [-0.15, -0.1) is 0 Å². The standard InChI is InChI=1S/C27H36N4O2/c1-17(2)25-22-16-20(19-7-11-31(12-8-19)21-9-13-33-14-10-21)5-6-23(22)28-26(25)24-15-18(3)27(32)30(4)29-24/h5-6,15-17,19,21,28H,7-14H2,1-4H3. The van der Waals surface area contributed by atoms with E-state index in [2.05, 4.69) is 47.0 Å². The van der Waals surface area contributed by atoms with E-state index in [0.717, 1.165) is 30.1 Å². The predicted octanol–water partition coefficient (Wildman–Crippen LogP) is 4.72. The summed E-state index contributed by atoms with van der Waals surface area (Å²) in [7, 11) is 1.72. The van der Waals surface area contributed by atoms with E-state index in [1.54, 1.807) is 7.05 Å². The Hall–Kier alpha value is -2.44. The molecular weight excluding hydrogens is 412 g/mol. The number of ether oxygens (including phenoxy) is 1. The molecule has 6 nitrogen and oxygen atoms in total. The van der Waals surface area contributed by atoms with Crippen LogP contribution in [0.1, 0.15) is 68.1 Å². The molecule has 6 heteroatoms. The van der Waals surface area contributed by atoms with Gasteiger partial charge in [-0.1, -0.05) is 19.9 Å². The quantitative estimate of drug-likeness (QED) is 0.627. The van der Waals surface area contributed by atoms with Gasteiger partial charge in [0, 0.05) is 42.8 Å². The Kier molecular flexibility index (Phi) is 6.14. The van der Waals surface area contributed by atoms with E-state index in [-0.39, 0.29) is 5.56 Å². The number of H-pyrrole nitrogens is 1. The van der Waals surface area contributed by atoms with Crippen LogP contribution in [0.4, 0.5) is 0 Å². The number of fused-ring (bicyclic) bond motifs is 1. The van der Waals surface area contributed by atoms with Gasteiger partial charge in [-0.3, -0.25) is 4.79 Å². The van der Waals surface area contributed by atoms with Gasteiger partial charge >= 0.3 is 0 Å². The van der Waals surface area contributed by atoms with E-state index in [9.17, 15) is 4.79 Å². The smallest absolute Gasteiger partial charge is 0.269 e. The average Bonchev–Trinajstić information content (AvgIpc) is 3.22. The molecule has 2 aromatic heterocycles. The molecule has 0 atom stereocenters. The topological polar surface area (TPSA) is 63.2 Å². The van der Waals surface area contributed by atoms with Gasteiger partial charge in [0.2, 0.25) is 0 Å². The highest BCUT2D eigenvalue weighted by atomic mass is 16.5. The third kappa shape index (κ3) is 4.26. The van der Waals surface area contributed by atoms with Gasteiger partial charge in [-0.2, -0.15) is 5.10 Å². The zero-order valence-electron chi connectivity index (χ0n) is 20.4. The van der Waals surface area contributed by atoms with Gasteiger partial charge in [-0.05, 0) is 86.9 Å². The third-order valence-corrected chi connectivity index (χ3v) is 7.65. The lowest BCUT2D eigenvalue weighted by atomic mass is 9.87. The zero-order chi connectivity index (χ0) is 23.1. The highest BCUT2D eigenvalue weighted by Gasteiger charge is 2.28. The highest BCUT2D eigenvalue weighted by Crippen LogP contribution is 2.38. The van der Waals surface area contributed by atoms with Gasteiger partial charge < -0.3 is 14.6 Å². The lowest BCUT2D eigenvalue weighted by molar-refractivity contribution is 0.0252. The molecule has 0 unspecified atom stereocenters. The summed E-state index contributed by atoms with van der Waals surface area (Å²) in [5, 5.41) is 5.86. The molecule has 2 aliphatic rings. The fourth-order valence-corrected chi connectivity index (χ4v) is 5.81. The Bertz CT molecular complexity index is 1170. The molecule has 0 amide bonds. The van der Waals surface area contributed by atoms with E-state index in [4.69, 9.17) is 4.74 Å². The van der Waals surface area contributed by atoms with Crippen molar-refractivity contribution in [2.45, 2.75) is 64.3 Å². The average molecular weight is 449 g/mol. The van der Waals surface area contributed by atoms with E-state index in [1.165, 1.54) is 60.0 Å². The molecule has 1 aromatic carbocycles. The lowest BCUT2D eigenvalue weighted by Gasteiger charge is -2.39. The van der Waals surface area contributed by atoms with E-state index in [1.807, 2.05) is 13.0 Å². The van der Waals surface area contributed by atoms with Crippen molar-refractivity contribution in [1.29, 1.82) is 0 Å². The first-order chi connectivity index (χ1) is 15.9. The van der Waals surface area contributed by atoms with Crippen LogP contribution in [-0.2, 0) is 11.8 Å². The van der Waals surface area contributed by atoms with Crippen LogP contribution in [-0.4, -0.2) is 52.0 Å². The summed E-state index contributed by atoms with van der Waals surface area (Å²) in [6.45, 7) is 10.5. The third-order valence-electron chi connectivity index (χ3n) is 7.65. The van der Waals surface area contributed by atoms with Gasteiger partial charge in [-0.25, -0.2) is 4.68 Å². The zero-order valence-corrected chi connectivity index (χ0v) is 20.4. The Morgan fingerprint density at radius 1 is 1.09 bits per heavy atom. The highest BCUT2D eigenvalue weighted by molar-refractivity contribution is 5.91. The Balaban J connectivity index is 1.45. The molecule has 4 heterocycles. The summed E-state index contributed by atoms with van der Waals surface area (Å²) in [5.41, 5.74) is 6.42. The van der Waals surface area contributed by atoms with Crippen LogP contribution in [0.15, 0.2) is 29.1 Å². The first-order valence-electron chi connectivity index (χ1n) is 12.4. The number of hydrogen-bond donors (Lipinski definition) is 1. The summed E-state index contributed by atoms with van der Waals surface area (Å²) in [6, 6.07) is 9.57. The summed E-state index contributed by atoms with van der Waals surface area (Å²) >= 11 is 0. The minimum atomic E-state index is -0.0460. The number of aromatic amines is 1. The van der Waals surface area contributed by atoms with Gasteiger partial charge in [0.25, 0.3) is 5.56 Å². The van der Waals surface area contributed by atoms with Crippen molar-refractivity contribution in [3.63, 3.8) is 0 Å². The number of likely N-dealkylation sites (tertiary alicyclic amines) is 1. The molecule has 0 spiro atoms. The maximum absolute atomic E-state index is 12.2. The number of nitrogens with zero attached hydrogens (tertiary/aromatic N) is 3. The van der Waals surface area contributed by atoms with Crippen LogP contribution in [0.2, 0.25) is 0 Å². The molecule has 0 saturated carbocycles. The Morgan fingerprint density at radius 3 is 2.48 bits per heavy atom. The van der Waals surface area contributed by atoms with Gasteiger partial charge in [0.1, 0.15) is 5.69 Å². The molecule has 3 aromatic rings. The monoisotopic (exact) mass is 448 g/mol. The number of aromatic nitrogens is 3. The van der Waals surface area contributed by atoms with Crippen LogP contribution in [0.3, 0.4) is 0 Å². The second kappa shape index (κ2) is 9.07. The number of nitrogens with one attached hydrogen (secondary N) is 1. The number of benzene rings is 1. The van der Waals surface area contributed by atoms with Crippen LogP contribution >= 0.6 is 0 Å². The number of hydrogen-bond acceptors (Lipinski definition) is 4. The van der Waals surface area contributed by atoms with E-state index < -0.39 is 0 Å². The molecule has 0 aliphatic carbocycles.